The van der Waals surface area contributed by atoms with Crippen molar-refractivity contribution in [2.75, 3.05) is 19.5 Å². The van der Waals surface area contributed by atoms with Crippen LogP contribution in [-0.4, -0.2) is 45.1 Å². The smallest absolute Gasteiger partial charge is 0.261 e. The Hall–Kier alpha value is -2.40. The summed E-state index contributed by atoms with van der Waals surface area (Å²) in [4.78, 5) is 1.20. The van der Waals surface area contributed by atoms with E-state index >= 15 is 0 Å². The van der Waals surface area contributed by atoms with E-state index in [-0.39, 0.29) is 10.5 Å². The van der Waals surface area contributed by atoms with Crippen LogP contribution in [0.5, 0.6) is 5.75 Å². The molecule has 4 nitrogen and oxygen atoms in total. The molecule has 244 valence electrons. The predicted molar refractivity (Wildman–Crippen MR) is 204 cm³/mol. The van der Waals surface area contributed by atoms with Crippen LogP contribution in [0.4, 0.5) is 0 Å². The maximum absolute atomic E-state index is 11.9. The van der Waals surface area contributed by atoms with Crippen LogP contribution < -0.4 is 15.1 Å². The SMILES string of the molecule is COc1ccc(CO[C@H]([C@@H](O)/C(I)=C/CO[Si](c2ccccc2)(c2ccccc2)C(C)(C)C)C(C)(C)CSc2ccccc2)cc1. The van der Waals surface area contributed by atoms with E-state index in [0.717, 1.165) is 20.6 Å². The summed E-state index contributed by atoms with van der Waals surface area (Å²) in [6, 6.07) is 39.6. The van der Waals surface area contributed by atoms with Gasteiger partial charge in [0.15, 0.2) is 0 Å². The molecule has 4 aromatic carbocycles. The van der Waals surface area contributed by atoms with Gasteiger partial charge in [0.1, 0.15) is 11.9 Å². The third kappa shape index (κ3) is 9.14. The second-order valence-electron chi connectivity index (χ2n) is 13.2. The van der Waals surface area contributed by atoms with Crippen molar-refractivity contribution in [3.05, 3.63) is 130 Å². The fraction of sp³-hybridized carbons (Fsp3) is 0.333. The van der Waals surface area contributed by atoms with Gasteiger partial charge in [0.2, 0.25) is 0 Å². The third-order valence-corrected chi connectivity index (χ3v) is 15.9. The van der Waals surface area contributed by atoms with E-state index in [1.54, 1.807) is 18.9 Å². The lowest BCUT2D eigenvalue weighted by atomic mass is 9.85. The first-order chi connectivity index (χ1) is 22.0. The molecule has 0 saturated carbocycles. The monoisotopic (exact) mass is 766 g/mol. The van der Waals surface area contributed by atoms with Crippen LogP contribution in [0.1, 0.15) is 40.2 Å². The molecule has 0 aliphatic carbocycles. The van der Waals surface area contributed by atoms with Crippen molar-refractivity contribution in [2.24, 2.45) is 5.41 Å². The summed E-state index contributed by atoms with van der Waals surface area (Å²) in [6.45, 7) is 11.9. The Morgan fingerprint density at radius 1 is 0.804 bits per heavy atom. The summed E-state index contributed by atoms with van der Waals surface area (Å²) >= 11 is 4.05. The number of halogens is 1. The molecule has 0 spiro atoms. The van der Waals surface area contributed by atoms with Crippen molar-refractivity contribution in [2.45, 2.75) is 63.4 Å². The molecule has 0 bridgehead atoms. The van der Waals surface area contributed by atoms with E-state index in [1.807, 2.05) is 36.4 Å². The van der Waals surface area contributed by atoms with E-state index < -0.39 is 20.5 Å². The Balaban J connectivity index is 1.60. The van der Waals surface area contributed by atoms with Crippen LogP contribution in [-0.2, 0) is 15.8 Å². The zero-order valence-corrected chi connectivity index (χ0v) is 31.8. The molecule has 0 aromatic heterocycles. The van der Waals surface area contributed by atoms with E-state index in [4.69, 9.17) is 13.9 Å². The van der Waals surface area contributed by atoms with Crippen molar-refractivity contribution in [3.63, 3.8) is 0 Å². The van der Waals surface area contributed by atoms with E-state index in [9.17, 15) is 5.11 Å². The molecule has 0 amide bonds. The molecular formula is C39H47IO4SSi. The van der Waals surface area contributed by atoms with Crippen LogP contribution in [0.25, 0.3) is 0 Å². The highest BCUT2D eigenvalue weighted by molar-refractivity contribution is 14.1. The normalized spacial score (nSPS) is 14.1. The zero-order chi connectivity index (χ0) is 33.2. The fourth-order valence-corrected chi connectivity index (χ4v) is 11.8. The molecule has 0 saturated heterocycles. The number of hydrogen-bond acceptors (Lipinski definition) is 5. The largest absolute Gasteiger partial charge is 0.497 e. The van der Waals surface area contributed by atoms with Crippen LogP contribution in [0, 0.1) is 5.41 Å². The molecule has 7 heteroatoms. The predicted octanol–water partition coefficient (Wildman–Crippen LogP) is 8.66. The summed E-state index contributed by atoms with van der Waals surface area (Å²) < 4.78 is 19.8. The molecule has 0 aliphatic rings. The maximum Gasteiger partial charge on any atom is 0.261 e. The highest BCUT2D eigenvalue weighted by atomic mass is 127. The van der Waals surface area contributed by atoms with Gasteiger partial charge < -0.3 is 19.0 Å². The Kier molecular flexibility index (Phi) is 13.2. The van der Waals surface area contributed by atoms with E-state index in [2.05, 4.69) is 142 Å². The lowest BCUT2D eigenvalue weighted by Gasteiger charge is -2.43. The minimum absolute atomic E-state index is 0.131. The molecule has 1 N–H and O–H groups in total. The first kappa shape index (κ1) is 36.4. The van der Waals surface area contributed by atoms with Crippen molar-refractivity contribution >= 4 is 53.0 Å². The van der Waals surface area contributed by atoms with Gasteiger partial charge in [-0.2, -0.15) is 0 Å². The summed E-state index contributed by atoms with van der Waals surface area (Å²) in [5.74, 6) is 1.59. The Morgan fingerprint density at radius 3 is 1.83 bits per heavy atom. The highest BCUT2D eigenvalue weighted by Gasteiger charge is 2.50. The molecule has 0 unspecified atom stereocenters. The average molecular weight is 767 g/mol. The first-order valence-electron chi connectivity index (χ1n) is 15.7. The molecule has 46 heavy (non-hydrogen) atoms. The van der Waals surface area contributed by atoms with Gasteiger partial charge in [-0.25, -0.2) is 0 Å². The molecule has 0 radical (unpaired) electrons. The zero-order valence-electron chi connectivity index (χ0n) is 27.8. The number of benzene rings is 4. The number of methoxy groups -OCH3 is 1. The lowest BCUT2D eigenvalue weighted by molar-refractivity contribution is -0.0824. The standard InChI is InChI=1S/C39H47IO4SSi/c1-38(2,3)46(33-18-12-8-13-19-33,34-20-14-9-15-21-34)44-27-26-35(40)36(41)37(43-28-30-22-24-31(42-6)25-23-30)39(4,5)29-45-32-16-10-7-11-17-32/h7-26,36-37,41H,27-29H2,1-6H3/b35-26-/t36-,37+/m0/s1. The highest BCUT2D eigenvalue weighted by Crippen LogP contribution is 2.38. The van der Waals surface area contributed by atoms with E-state index in [1.165, 1.54) is 15.3 Å². The molecule has 4 rings (SSSR count). The summed E-state index contributed by atoms with van der Waals surface area (Å²) in [6.07, 6.45) is 0.754. The number of rotatable bonds is 15. The molecular weight excluding hydrogens is 719 g/mol. The minimum Gasteiger partial charge on any atom is -0.497 e. The topological polar surface area (TPSA) is 47.9 Å². The van der Waals surface area contributed by atoms with Gasteiger partial charge in [-0.15, -0.1) is 11.8 Å². The second kappa shape index (κ2) is 16.6. The molecule has 4 aromatic rings. The van der Waals surface area contributed by atoms with Crippen molar-refractivity contribution in [1.29, 1.82) is 0 Å². The molecule has 0 aliphatic heterocycles. The second-order valence-corrected chi connectivity index (χ2v) is 19.8. The summed E-state index contributed by atoms with van der Waals surface area (Å²) in [7, 11) is -1.04. The third-order valence-electron chi connectivity index (χ3n) is 8.28. The first-order valence-corrected chi connectivity index (χ1v) is 19.7. The van der Waals surface area contributed by atoms with Crippen molar-refractivity contribution < 1.29 is 19.0 Å². The Morgan fingerprint density at radius 2 is 1.33 bits per heavy atom. The Labute approximate surface area is 294 Å². The van der Waals surface area contributed by atoms with Gasteiger partial charge in [-0.3, -0.25) is 0 Å². The number of ether oxygens (including phenoxy) is 2. The Bertz CT molecular complexity index is 1470. The molecule has 0 fully saturated rings. The number of thioether (sulfide) groups is 1. The molecule has 0 heterocycles. The van der Waals surface area contributed by atoms with Crippen LogP contribution in [0.15, 0.2) is 130 Å². The quantitative estimate of drug-likeness (QED) is 0.0746. The number of hydrogen-bond donors (Lipinski definition) is 1. The van der Waals surface area contributed by atoms with Gasteiger partial charge in [-0.05, 0) is 73.9 Å². The van der Waals surface area contributed by atoms with Crippen LogP contribution >= 0.6 is 34.4 Å². The average Bonchev–Trinajstić information content (AvgIpc) is 3.06. The number of aliphatic hydroxyl groups excluding tert-OH is 1. The number of aliphatic hydroxyl groups is 1. The lowest BCUT2D eigenvalue weighted by Crippen LogP contribution is -2.66. The molecule has 2 atom stereocenters. The van der Waals surface area contributed by atoms with Crippen LogP contribution in [0.2, 0.25) is 5.04 Å². The van der Waals surface area contributed by atoms with Gasteiger partial charge in [-0.1, -0.05) is 126 Å². The van der Waals surface area contributed by atoms with Gasteiger partial charge in [0.25, 0.3) is 8.32 Å². The van der Waals surface area contributed by atoms with Crippen LogP contribution in [0.3, 0.4) is 0 Å². The van der Waals surface area contributed by atoms with Crippen molar-refractivity contribution in [3.8, 4) is 5.75 Å². The van der Waals surface area contributed by atoms with Gasteiger partial charge >= 0.3 is 0 Å². The maximum atomic E-state index is 11.9. The van der Waals surface area contributed by atoms with Gasteiger partial charge in [0, 0.05) is 19.6 Å². The summed E-state index contributed by atoms with van der Waals surface area (Å²) in [5, 5.41) is 14.3. The minimum atomic E-state index is -2.71. The van der Waals surface area contributed by atoms with Crippen molar-refractivity contribution in [1.82, 2.24) is 0 Å². The van der Waals surface area contributed by atoms with E-state index in [0.29, 0.717) is 13.2 Å². The van der Waals surface area contributed by atoms with Gasteiger partial charge in [0.05, 0.1) is 26.4 Å². The fourth-order valence-electron chi connectivity index (χ4n) is 5.79. The summed E-state index contributed by atoms with van der Waals surface area (Å²) in [5.41, 5.74) is 0.675.